The van der Waals surface area contributed by atoms with Crippen molar-refractivity contribution in [1.29, 1.82) is 0 Å². The van der Waals surface area contributed by atoms with E-state index in [4.69, 9.17) is 0 Å². The summed E-state index contributed by atoms with van der Waals surface area (Å²) in [7, 11) is 0. The molecule has 25 heavy (non-hydrogen) atoms. The first-order chi connectivity index (χ1) is 12.1. The number of carbonyl (C=O) groups is 2. The van der Waals surface area contributed by atoms with E-state index in [-0.39, 0.29) is 12.6 Å². The average Bonchev–Trinajstić information content (AvgIpc) is 3.25. The third kappa shape index (κ3) is 3.17. The fraction of sp³-hybridized carbons (Fsp3) is 0.579. The van der Waals surface area contributed by atoms with E-state index in [0.717, 1.165) is 30.3 Å². The summed E-state index contributed by atoms with van der Waals surface area (Å²) in [6.07, 6.45) is 5.20. The van der Waals surface area contributed by atoms with E-state index in [2.05, 4.69) is 16.3 Å². The molecule has 134 valence electrons. The molecule has 0 aromatic heterocycles. The van der Waals surface area contributed by atoms with E-state index in [1.54, 1.807) is 4.90 Å². The Hall–Kier alpha value is -2.24. The van der Waals surface area contributed by atoms with Crippen molar-refractivity contribution in [2.75, 3.05) is 29.9 Å². The number of nitrogens with one attached hydrogen (secondary N) is 1. The van der Waals surface area contributed by atoms with Crippen LogP contribution in [0.15, 0.2) is 24.3 Å². The maximum Gasteiger partial charge on any atom is 0.321 e. The molecule has 1 aromatic carbocycles. The summed E-state index contributed by atoms with van der Waals surface area (Å²) < 4.78 is 0. The van der Waals surface area contributed by atoms with Crippen LogP contribution in [-0.2, 0) is 4.79 Å². The Morgan fingerprint density at radius 2 is 1.96 bits per heavy atom. The van der Waals surface area contributed by atoms with Crippen LogP contribution in [0.3, 0.4) is 0 Å². The van der Waals surface area contributed by atoms with Crippen LogP contribution in [0.5, 0.6) is 0 Å². The molecular formula is C19H25N3O3. The van der Waals surface area contributed by atoms with E-state index in [9.17, 15) is 14.7 Å². The average molecular weight is 343 g/mol. The van der Waals surface area contributed by atoms with Gasteiger partial charge in [-0.05, 0) is 50.2 Å². The molecule has 2 bridgehead atoms. The van der Waals surface area contributed by atoms with E-state index in [0.29, 0.717) is 19.0 Å². The van der Waals surface area contributed by atoms with Gasteiger partial charge in [0, 0.05) is 25.7 Å². The number of likely N-dealkylation sites (tertiary alicyclic amines) is 1. The third-order valence-corrected chi connectivity index (χ3v) is 5.92. The lowest BCUT2D eigenvalue weighted by atomic mass is 9.99. The Bertz CT molecular complexity index is 678. The van der Waals surface area contributed by atoms with E-state index >= 15 is 0 Å². The van der Waals surface area contributed by atoms with Crippen LogP contribution in [0.25, 0.3) is 0 Å². The minimum absolute atomic E-state index is 0.192. The number of hydrogen-bond donors (Lipinski definition) is 2. The lowest BCUT2D eigenvalue weighted by molar-refractivity contribution is -0.143. The molecule has 3 unspecified atom stereocenters. The number of carboxylic acid groups (broad SMARTS) is 1. The van der Waals surface area contributed by atoms with E-state index < -0.39 is 11.9 Å². The van der Waals surface area contributed by atoms with Gasteiger partial charge in [-0.1, -0.05) is 12.1 Å². The second-order valence-corrected chi connectivity index (χ2v) is 7.56. The van der Waals surface area contributed by atoms with Gasteiger partial charge in [0.1, 0.15) is 0 Å². The molecule has 3 fully saturated rings. The molecule has 1 aromatic rings. The monoisotopic (exact) mass is 343 g/mol. The zero-order chi connectivity index (χ0) is 17.4. The highest BCUT2D eigenvalue weighted by Gasteiger charge is 2.38. The van der Waals surface area contributed by atoms with Crippen molar-refractivity contribution in [2.45, 2.75) is 38.1 Å². The third-order valence-electron chi connectivity index (χ3n) is 5.92. The number of piperidine rings is 2. The van der Waals surface area contributed by atoms with Crippen LogP contribution in [0.4, 0.5) is 16.2 Å². The van der Waals surface area contributed by atoms with Gasteiger partial charge in [0.15, 0.2) is 0 Å². The lowest BCUT2D eigenvalue weighted by Crippen LogP contribution is -2.44. The van der Waals surface area contributed by atoms with Crippen LogP contribution in [0, 0.1) is 11.8 Å². The first-order valence-electron chi connectivity index (χ1n) is 9.26. The summed E-state index contributed by atoms with van der Waals surface area (Å²) >= 11 is 0. The number of carbonyl (C=O) groups excluding carboxylic acids is 1. The SMILES string of the molecule is O=C(O)C1CCCN(C(=O)Nc2ccccc2N2CC3CCC2C3)C1. The number of aliphatic carboxylic acids is 1. The quantitative estimate of drug-likeness (QED) is 0.885. The molecule has 2 amide bonds. The fourth-order valence-electron chi connectivity index (χ4n) is 4.61. The van der Waals surface area contributed by atoms with E-state index in [1.807, 2.05) is 18.2 Å². The van der Waals surface area contributed by atoms with Crippen molar-refractivity contribution in [3.63, 3.8) is 0 Å². The molecule has 6 heteroatoms. The standard InChI is InChI=1S/C19H25N3O3/c23-18(24)14-4-3-9-21(12-14)19(25)20-16-5-1-2-6-17(16)22-11-13-7-8-15(22)10-13/h1-2,5-6,13-15H,3-4,7-12H2,(H,20,25)(H,23,24). The Morgan fingerprint density at radius 1 is 1.12 bits per heavy atom. The number of hydrogen-bond acceptors (Lipinski definition) is 3. The van der Waals surface area contributed by atoms with Crippen LogP contribution in [0.2, 0.25) is 0 Å². The molecular weight excluding hydrogens is 318 g/mol. The molecule has 3 atom stereocenters. The first kappa shape index (κ1) is 16.2. The van der Waals surface area contributed by atoms with Crippen molar-refractivity contribution in [3.05, 3.63) is 24.3 Å². The molecule has 2 heterocycles. The van der Waals surface area contributed by atoms with Crippen LogP contribution >= 0.6 is 0 Å². The first-order valence-corrected chi connectivity index (χ1v) is 9.26. The van der Waals surface area contributed by atoms with Crippen molar-refractivity contribution in [3.8, 4) is 0 Å². The molecule has 3 aliphatic rings. The molecule has 4 rings (SSSR count). The Morgan fingerprint density at radius 3 is 2.68 bits per heavy atom. The van der Waals surface area contributed by atoms with Gasteiger partial charge in [0.2, 0.25) is 0 Å². The van der Waals surface area contributed by atoms with Gasteiger partial charge in [-0.3, -0.25) is 4.79 Å². The van der Waals surface area contributed by atoms with Gasteiger partial charge in [0.25, 0.3) is 0 Å². The number of fused-ring (bicyclic) bond motifs is 2. The molecule has 2 aliphatic heterocycles. The second-order valence-electron chi connectivity index (χ2n) is 7.56. The number of amides is 2. The van der Waals surface area contributed by atoms with E-state index in [1.165, 1.54) is 19.3 Å². The number of urea groups is 1. The van der Waals surface area contributed by atoms with Crippen LogP contribution in [-0.4, -0.2) is 47.7 Å². The van der Waals surface area contributed by atoms with Crippen molar-refractivity contribution in [1.82, 2.24) is 4.90 Å². The summed E-state index contributed by atoms with van der Waals surface area (Å²) in [5, 5.41) is 12.2. The molecule has 0 spiro atoms. The number of nitrogens with zero attached hydrogens (tertiary/aromatic N) is 2. The van der Waals surface area contributed by atoms with Gasteiger partial charge in [-0.2, -0.15) is 0 Å². The van der Waals surface area contributed by atoms with Crippen LogP contribution < -0.4 is 10.2 Å². The van der Waals surface area contributed by atoms with Gasteiger partial charge in [0.05, 0.1) is 17.3 Å². The smallest absolute Gasteiger partial charge is 0.321 e. The molecule has 0 radical (unpaired) electrons. The van der Waals surface area contributed by atoms with Gasteiger partial charge in [-0.15, -0.1) is 0 Å². The Labute approximate surface area is 147 Å². The fourth-order valence-corrected chi connectivity index (χ4v) is 4.61. The minimum Gasteiger partial charge on any atom is -0.481 e. The zero-order valence-electron chi connectivity index (χ0n) is 14.4. The highest BCUT2D eigenvalue weighted by atomic mass is 16.4. The number of para-hydroxylation sites is 2. The highest BCUT2D eigenvalue weighted by molar-refractivity contribution is 5.93. The molecule has 1 aliphatic carbocycles. The normalized spacial score (nSPS) is 28.2. The molecule has 1 saturated carbocycles. The summed E-state index contributed by atoms with van der Waals surface area (Å²) in [5.74, 6) is -0.484. The predicted octanol–water partition coefficient (Wildman–Crippen LogP) is 3.00. The van der Waals surface area contributed by atoms with Gasteiger partial charge < -0.3 is 20.2 Å². The number of carboxylic acids is 1. The zero-order valence-corrected chi connectivity index (χ0v) is 14.4. The summed E-state index contributed by atoms with van der Waals surface area (Å²) in [6, 6.07) is 8.36. The molecule has 2 saturated heterocycles. The molecule has 2 N–H and O–H groups in total. The minimum atomic E-state index is -0.814. The summed E-state index contributed by atoms with van der Waals surface area (Å²) in [5.41, 5.74) is 1.92. The highest BCUT2D eigenvalue weighted by Crippen LogP contribution is 2.42. The van der Waals surface area contributed by atoms with Crippen molar-refractivity contribution < 1.29 is 14.7 Å². The number of anilines is 2. The van der Waals surface area contributed by atoms with Gasteiger partial charge >= 0.3 is 12.0 Å². The topological polar surface area (TPSA) is 72.9 Å². The van der Waals surface area contributed by atoms with Gasteiger partial charge in [-0.25, -0.2) is 4.79 Å². The predicted molar refractivity (Wildman–Crippen MR) is 95.9 cm³/mol. The number of rotatable bonds is 3. The maximum atomic E-state index is 12.7. The Kier molecular flexibility index (Phi) is 4.27. The molecule has 6 nitrogen and oxygen atoms in total. The number of benzene rings is 1. The van der Waals surface area contributed by atoms with Crippen LogP contribution in [0.1, 0.15) is 32.1 Å². The Balaban J connectivity index is 1.47. The summed E-state index contributed by atoms with van der Waals surface area (Å²) in [4.78, 5) is 27.9. The van der Waals surface area contributed by atoms with Crippen molar-refractivity contribution in [2.24, 2.45) is 11.8 Å². The summed E-state index contributed by atoms with van der Waals surface area (Å²) in [6.45, 7) is 1.98. The maximum absolute atomic E-state index is 12.7. The lowest BCUT2D eigenvalue weighted by Gasteiger charge is -2.33. The second kappa shape index (κ2) is 6.58. The largest absolute Gasteiger partial charge is 0.481 e. The van der Waals surface area contributed by atoms with Crippen molar-refractivity contribution >= 4 is 23.4 Å².